The van der Waals surface area contributed by atoms with Crippen LogP contribution in [0.15, 0.2) is 108 Å². The minimum absolute atomic E-state index is 0.00688. The molecule has 0 radical (unpaired) electrons. The topological polar surface area (TPSA) is 106 Å². The highest BCUT2D eigenvalue weighted by Gasteiger charge is 2.20. The maximum absolute atomic E-state index is 13.6. The van der Waals surface area contributed by atoms with E-state index in [4.69, 9.17) is 9.47 Å². The van der Waals surface area contributed by atoms with E-state index in [1.165, 1.54) is 26.0 Å². The van der Waals surface area contributed by atoms with Crippen LogP contribution in [0.1, 0.15) is 34.8 Å². The molecular weight excluding hydrogens is 574 g/mol. The molecule has 1 unspecified atom stereocenters. The molecule has 0 aliphatic rings. The van der Waals surface area contributed by atoms with E-state index < -0.39 is 11.8 Å². The molecule has 4 aromatic rings. The fourth-order valence-corrected chi connectivity index (χ4v) is 5.41. The predicted molar refractivity (Wildman–Crippen MR) is 176 cm³/mol. The molecule has 4 aromatic carbocycles. The van der Waals surface area contributed by atoms with Crippen molar-refractivity contribution in [1.82, 2.24) is 5.32 Å². The van der Waals surface area contributed by atoms with Crippen LogP contribution in [0, 0.1) is 6.92 Å². The molecule has 4 rings (SSSR count). The smallest absolute Gasteiger partial charge is 0.272 e. The molecule has 0 fully saturated rings. The lowest BCUT2D eigenvalue weighted by molar-refractivity contribution is -0.116. The van der Waals surface area contributed by atoms with E-state index in [0.29, 0.717) is 34.7 Å². The third-order valence-corrected chi connectivity index (χ3v) is 7.94. The highest BCUT2D eigenvalue weighted by atomic mass is 32.2. The summed E-state index contributed by atoms with van der Waals surface area (Å²) < 4.78 is 10.9. The number of aryl methyl sites for hydroxylation is 1. The molecule has 8 nitrogen and oxygen atoms in total. The summed E-state index contributed by atoms with van der Waals surface area (Å²) in [6, 6.07) is 28.8. The zero-order chi connectivity index (χ0) is 31.5. The number of carbonyl (C=O) groups excluding carboxylic acids is 3. The van der Waals surface area contributed by atoms with E-state index in [1.807, 2.05) is 50.2 Å². The van der Waals surface area contributed by atoms with E-state index in [2.05, 4.69) is 16.0 Å². The van der Waals surface area contributed by atoms with Gasteiger partial charge < -0.3 is 25.4 Å². The molecule has 3 amide bonds. The highest BCUT2D eigenvalue weighted by molar-refractivity contribution is 8.00. The average Bonchev–Trinajstić information content (AvgIpc) is 3.03. The Hall–Kier alpha value is -5.02. The van der Waals surface area contributed by atoms with Gasteiger partial charge in [0, 0.05) is 27.4 Å². The number of carbonyl (C=O) groups is 3. The lowest BCUT2D eigenvalue weighted by Crippen LogP contribution is -2.30. The molecule has 0 spiro atoms. The number of thioether (sulfide) groups is 1. The summed E-state index contributed by atoms with van der Waals surface area (Å²) >= 11 is 1.41. The number of nitrogens with one attached hydrogen (secondary N) is 3. The van der Waals surface area contributed by atoms with Crippen LogP contribution < -0.4 is 25.4 Å². The van der Waals surface area contributed by atoms with Gasteiger partial charge in [0.05, 0.1) is 19.5 Å². The Labute approximate surface area is 261 Å². The van der Waals surface area contributed by atoms with Crippen molar-refractivity contribution >= 4 is 46.9 Å². The van der Waals surface area contributed by atoms with Gasteiger partial charge in [-0.3, -0.25) is 14.4 Å². The summed E-state index contributed by atoms with van der Waals surface area (Å²) in [5, 5.41) is 8.28. The number of ether oxygens (including phenoxy) is 2. The van der Waals surface area contributed by atoms with Gasteiger partial charge >= 0.3 is 0 Å². The maximum atomic E-state index is 13.6. The summed E-state index contributed by atoms with van der Waals surface area (Å²) in [7, 11) is 3.03. The number of hydrogen-bond donors (Lipinski definition) is 3. The molecule has 0 aliphatic carbocycles. The fraction of sp³-hybridized carbons (Fsp3) is 0.171. The van der Waals surface area contributed by atoms with E-state index >= 15 is 0 Å². The van der Waals surface area contributed by atoms with Gasteiger partial charge in [-0.2, -0.15) is 0 Å². The van der Waals surface area contributed by atoms with Crippen LogP contribution in [0.2, 0.25) is 0 Å². The SMILES string of the molecule is CCC(Sc1cccc(NC(=O)/C(=C\c2cccc(OC)c2OC)NC(=O)c2ccccc2)c1)C(=O)Nc1cccc(C)c1. The predicted octanol–water partition coefficient (Wildman–Crippen LogP) is 6.93. The lowest BCUT2D eigenvalue weighted by atomic mass is 10.1. The van der Waals surface area contributed by atoms with Gasteiger partial charge in [0.1, 0.15) is 5.70 Å². The van der Waals surface area contributed by atoms with E-state index in [0.717, 1.165) is 16.1 Å². The number of para-hydroxylation sites is 1. The first kappa shape index (κ1) is 31.9. The second-order valence-electron chi connectivity index (χ2n) is 9.82. The molecule has 0 saturated carbocycles. The summed E-state index contributed by atoms with van der Waals surface area (Å²) in [6.07, 6.45) is 2.15. The van der Waals surface area contributed by atoms with Gasteiger partial charge in [0.2, 0.25) is 5.91 Å². The third kappa shape index (κ3) is 8.52. The minimum atomic E-state index is -0.537. The molecule has 9 heteroatoms. The first-order chi connectivity index (χ1) is 21.3. The molecule has 0 bridgehead atoms. The first-order valence-corrected chi connectivity index (χ1v) is 14.9. The molecule has 3 N–H and O–H groups in total. The minimum Gasteiger partial charge on any atom is -0.493 e. The second-order valence-corrected chi connectivity index (χ2v) is 11.1. The Bertz CT molecular complexity index is 1660. The standard InChI is InChI=1S/C35H35N3O5S/c1-5-31(35(41)37-26-16-9-12-23(2)20-26)44-28-18-11-17-27(22-28)36-34(40)29(38-33(39)24-13-7-6-8-14-24)21-25-15-10-19-30(42-3)32(25)43-4/h6-22,31H,5H2,1-4H3,(H,36,40)(H,37,41)(H,38,39)/b29-21+. The van der Waals surface area contributed by atoms with Crippen molar-refractivity contribution < 1.29 is 23.9 Å². The Morgan fingerprint density at radius 2 is 1.52 bits per heavy atom. The van der Waals surface area contributed by atoms with Crippen LogP contribution in [-0.2, 0) is 9.59 Å². The van der Waals surface area contributed by atoms with Crippen molar-refractivity contribution in [3.05, 3.63) is 119 Å². The van der Waals surface area contributed by atoms with E-state index in [9.17, 15) is 14.4 Å². The zero-order valence-electron chi connectivity index (χ0n) is 25.0. The van der Waals surface area contributed by atoms with Crippen LogP contribution in [-0.4, -0.2) is 37.2 Å². The quantitative estimate of drug-likeness (QED) is 0.119. The maximum Gasteiger partial charge on any atom is 0.272 e. The molecule has 226 valence electrons. The van der Waals surface area contributed by atoms with Gasteiger partial charge in [-0.1, -0.05) is 55.5 Å². The Kier molecular flexibility index (Phi) is 11.2. The van der Waals surface area contributed by atoms with Crippen molar-refractivity contribution in [1.29, 1.82) is 0 Å². The van der Waals surface area contributed by atoms with Crippen molar-refractivity contribution in [2.45, 2.75) is 30.4 Å². The highest BCUT2D eigenvalue weighted by Crippen LogP contribution is 2.32. The van der Waals surface area contributed by atoms with Crippen molar-refractivity contribution in [2.24, 2.45) is 0 Å². The van der Waals surface area contributed by atoms with Crippen molar-refractivity contribution in [3.63, 3.8) is 0 Å². The molecule has 0 aromatic heterocycles. The van der Waals surface area contributed by atoms with Crippen LogP contribution in [0.3, 0.4) is 0 Å². The molecule has 0 aliphatic heterocycles. The Balaban J connectivity index is 1.56. The Morgan fingerprint density at radius 3 is 2.20 bits per heavy atom. The third-order valence-electron chi connectivity index (χ3n) is 6.58. The van der Waals surface area contributed by atoms with Crippen LogP contribution in [0.25, 0.3) is 6.08 Å². The van der Waals surface area contributed by atoms with Crippen molar-refractivity contribution in [3.8, 4) is 11.5 Å². The molecule has 0 saturated heterocycles. The number of anilines is 2. The largest absolute Gasteiger partial charge is 0.493 e. The van der Waals surface area contributed by atoms with Crippen LogP contribution >= 0.6 is 11.8 Å². The van der Waals surface area contributed by atoms with Gasteiger partial charge in [-0.25, -0.2) is 0 Å². The van der Waals surface area contributed by atoms with Crippen LogP contribution in [0.4, 0.5) is 11.4 Å². The van der Waals surface area contributed by atoms with Crippen LogP contribution in [0.5, 0.6) is 11.5 Å². The summed E-state index contributed by atoms with van der Waals surface area (Å²) in [5.41, 5.74) is 3.26. The second kappa shape index (κ2) is 15.5. The van der Waals surface area contributed by atoms with Gasteiger partial charge in [0.15, 0.2) is 11.5 Å². The Morgan fingerprint density at radius 1 is 0.818 bits per heavy atom. The number of rotatable bonds is 12. The number of benzene rings is 4. The van der Waals surface area contributed by atoms with Gasteiger partial charge in [-0.15, -0.1) is 11.8 Å². The van der Waals surface area contributed by atoms with Crippen molar-refractivity contribution in [2.75, 3.05) is 24.9 Å². The lowest BCUT2D eigenvalue weighted by Gasteiger charge is -2.16. The molecule has 0 heterocycles. The first-order valence-electron chi connectivity index (χ1n) is 14.1. The summed E-state index contributed by atoms with van der Waals surface area (Å²) in [5.74, 6) is -0.174. The number of hydrogen-bond acceptors (Lipinski definition) is 6. The van der Waals surface area contributed by atoms with Gasteiger partial charge in [-0.05, 0) is 73.5 Å². The number of amides is 3. The summed E-state index contributed by atoms with van der Waals surface area (Å²) in [4.78, 5) is 40.5. The zero-order valence-corrected chi connectivity index (χ0v) is 25.9. The normalized spacial score (nSPS) is 11.7. The molecule has 44 heavy (non-hydrogen) atoms. The number of methoxy groups -OCH3 is 2. The molecular formula is C35H35N3O5S. The van der Waals surface area contributed by atoms with Gasteiger partial charge in [0.25, 0.3) is 11.8 Å². The van der Waals surface area contributed by atoms with E-state index in [1.54, 1.807) is 66.7 Å². The molecule has 1 atom stereocenters. The average molecular weight is 610 g/mol. The monoisotopic (exact) mass is 609 g/mol. The summed E-state index contributed by atoms with van der Waals surface area (Å²) in [6.45, 7) is 3.93. The van der Waals surface area contributed by atoms with E-state index in [-0.39, 0.29) is 16.9 Å². The fourth-order valence-electron chi connectivity index (χ4n) is 4.40.